The first-order valence-electron chi connectivity index (χ1n) is 8.49. The number of rotatable bonds is 3. The molecule has 26 heavy (non-hydrogen) atoms. The Balaban J connectivity index is 1.98. The molecule has 5 heteroatoms. The van der Waals surface area contributed by atoms with E-state index in [2.05, 4.69) is 43.0 Å². The van der Waals surface area contributed by atoms with Crippen molar-refractivity contribution in [1.82, 2.24) is 9.88 Å². The number of H-pyrrole nitrogens is 1. The van der Waals surface area contributed by atoms with Crippen molar-refractivity contribution >= 4 is 32.3 Å². The van der Waals surface area contributed by atoms with Gasteiger partial charge in [-0.2, -0.15) is 0 Å². The van der Waals surface area contributed by atoms with E-state index in [4.69, 9.17) is 0 Å². The second-order valence-corrected chi connectivity index (χ2v) is 7.68. The molecule has 4 rings (SSSR count). The van der Waals surface area contributed by atoms with Crippen molar-refractivity contribution in [3.05, 3.63) is 63.8 Å². The van der Waals surface area contributed by atoms with Crippen molar-refractivity contribution in [3.8, 4) is 16.9 Å². The van der Waals surface area contributed by atoms with Crippen LogP contribution in [0, 0.1) is 0 Å². The molecule has 4 nitrogen and oxygen atoms in total. The van der Waals surface area contributed by atoms with Crippen molar-refractivity contribution in [3.63, 3.8) is 0 Å². The summed E-state index contributed by atoms with van der Waals surface area (Å²) >= 11 is 1.42. The van der Waals surface area contributed by atoms with E-state index >= 15 is 0 Å². The molecule has 0 bridgehead atoms. The molecule has 0 fully saturated rings. The van der Waals surface area contributed by atoms with E-state index in [1.165, 1.54) is 16.9 Å². The van der Waals surface area contributed by atoms with Crippen molar-refractivity contribution in [2.45, 2.75) is 13.0 Å². The van der Waals surface area contributed by atoms with Gasteiger partial charge in [0.2, 0.25) is 0 Å². The average Bonchev–Trinajstić information content (AvgIpc) is 3.12. The Kier molecular flexibility index (Phi) is 4.05. The third kappa shape index (κ3) is 2.60. The lowest BCUT2D eigenvalue weighted by Crippen LogP contribution is -2.16. The Morgan fingerprint density at radius 2 is 1.81 bits per heavy atom. The smallest absolute Gasteiger partial charge is 0.266 e. The highest BCUT2D eigenvalue weighted by molar-refractivity contribution is 7.17. The molecule has 2 heterocycles. The quantitative estimate of drug-likeness (QED) is 0.552. The molecule has 4 aromatic rings. The van der Waals surface area contributed by atoms with Crippen LogP contribution in [0.25, 0.3) is 32.1 Å². The van der Waals surface area contributed by atoms with Gasteiger partial charge in [0.1, 0.15) is 10.4 Å². The zero-order chi connectivity index (χ0) is 18.4. The predicted octanol–water partition coefficient (Wildman–Crippen LogP) is 4.74. The first kappa shape index (κ1) is 16.8. The van der Waals surface area contributed by atoms with Crippen LogP contribution in [-0.2, 0) is 0 Å². The number of aromatic amines is 1. The molecular formula is C21H20N2O2S. The fourth-order valence-electron chi connectivity index (χ4n) is 3.36. The molecular weight excluding hydrogens is 344 g/mol. The SMILES string of the molecule is C[C@@H](c1ccc(-c2c(O)ccc3[nH]c(=O)c4sccc4c23)cc1)N(C)C. The number of thiophene rings is 1. The minimum Gasteiger partial charge on any atom is -0.507 e. The van der Waals surface area contributed by atoms with Crippen molar-refractivity contribution in [1.29, 1.82) is 0 Å². The second kappa shape index (κ2) is 6.27. The Morgan fingerprint density at radius 1 is 1.08 bits per heavy atom. The van der Waals surface area contributed by atoms with Gasteiger partial charge in [-0.3, -0.25) is 4.79 Å². The number of hydrogen-bond acceptors (Lipinski definition) is 4. The fourth-order valence-corrected chi connectivity index (χ4v) is 4.15. The van der Waals surface area contributed by atoms with Crippen molar-refractivity contribution < 1.29 is 5.11 Å². The monoisotopic (exact) mass is 364 g/mol. The summed E-state index contributed by atoms with van der Waals surface area (Å²) in [7, 11) is 4.11. The van der Waals surface area contributed by atoms with E-state index in [0.29, 0.717) is 10.7 Å². The van der Waals surface area contributed by atoms with Gasteiger partial charge >= 0.3 is 0 Å². The van der Waals surface area contributed by atoms with Gasteiger partial charge in [-0.15, -0.1) is 11.3 Å². The lowest BCUT2D eigenvalue weighted by Gasteiger charge is -2.20. The molecule has 1 atom stereocenters. The summed E-state index contributed by atoms with van der Waals surface area (Å²) in [6.07, 6.45) is 0. The van der Waals surface area contributed by atoms with Gasteiger partial charge in [-0.25, -0.2) is 0 Å². The van der Waals surface area contributed by atoms with Gasteiger partial charge in [0.25, 0.3) is 5.56 Å². The molecule has 0 amide bonds. The van der Waals surface area contributed by atoms with Crippen LogP contribution in [0.15, 0.2) is 52.6 Å². The van der Waals surface area contributed by atoms with Crippen molar-refractivity contribution in [2.75, 3.05) is 14.1 Å². The Morgan fingerprint density at radius 3 is 2.50 bits per heavy atom. The minimum atomic E-state index is -0.0886. The largest absolute Gasteiger partial charge is 0.507 e. The third-order valence-corrected chi connectivity index (χ3v) is 5.94. The molecule has 0 aliphatic heterocycles. The van der Waals surface area contributed by atoms with Crippen LogP contribution in [-0.4, -0.2) is 29.1 Å². The fraction of sp³-hybridized carbons (Fsp3) is 0.190. The lowest BCUT2D eigenvalue weighted by atomic mass is 9.95. The first-order valence-corrected chi connectivity index (χ1v) is 9.37. The van der Waals surface area contributed by atoms with Crippen LogP contribution in [0.5, 0.6) is 5.75 Å². The molecule has 0 spiro atoms. The van der Waals surface area contributed by atoms with Crippen LogP contribution >= 0.6 is 11.3 Å². The summed E-state index contributed by atoms with van der Waals surface area (Å²) < 4.78 is 0.683. The number of hydrogen-bond donors (Lipinski definition) is 2. The highest BCUT2D eigenvalue weighted by Crippen LogP contribution is 2.39. The molecule has 2 aromatic heterocycles. The zero-order valence-electron chi connectivity index (χ0n) is 14.9. The van der Waals surface area contributed by atoms with Gasteiger partial charge in [0, 0.05) is 27.9 Å². The van der Waals surface area contributed by atoms with E-state index in [1.807, 2.05) is 23.6 Å². The second-order valence-electron chi connectivity index (χ2n) is 6.76. The van der Waals surface area contributed by atoms with Gasteiger partial charge in [-0.1, -0.05) is 24.3 Å². The van der Waals surface area contributed by atoms with E-state index in [0.717, 1.165) is 27.4 Å². The third-order valence-electron chi connectivity index (χ3n) is 5.03. The molecule has 2 aromatic carbocycles. The topological polar surface area (TPSA) is 56.3 Å². The Hall–Kier alpha value is -2.63. The minimum absolute atomic E-state index is 0.0886. The standard InChI is InChI=1S/C21H20N2O2S/c1-12(23(2)3)13-4-6-14(7-5-13)18-17(24)9-8-16-19(18)15-10-11-26-20(15)21(25)22-16/h4-12,24H,1-3H3,(H,22,25)/t12-/m0/s1. The maximum Gasteiger partial charge on any atom is 0.266 e. The maximum absolute atomic E-state index is 12.3. The number of aromatic nitrogens is 1. The van der Waals surface area contributed by atoms with Crippen LogP contribution in [0.3, 0.4) is 0 Å². The highest BCUT2D eigenvalue weighted by Gasteiger charge is 2.16. The summed E-state index contributed by atoms with van der Waals surface area (Å²) in [5, 5.41) is 14.3. The average molecular weight is 364 g/mol. The lowest BCUT2D eigenvalue weighted by molar-refractivity contribution is 0.321. The number of aromatic hydroxyl groups is 1. The molecule has 132 valence electrons. The first-order chi connectivity index (χ1) is 12.5. The highest BCUT2D eigenvalue weighted by atomic mass is 32.1. The molecule has 0 saturated heterocycles. The number of benzene rings is 2. The van der Waals surface area contributed by atoms with Crippen LogP contribution in [0.4, 0.5) is 0 Å². The molecule has 0 aliphatic carbocycles. The molecule has 2 N–H and O–H groups in total. The number of nitrogens with zero attached hydrogens (tertiary/aromatic N) is 1. The Labute approximate surface area is 155 Å². The van der Waals surface area contributed by atoms with E-state index in [9.17, 15) is 9.90 Å². The normalized spacial score (nSPS) is 12.9. The molecule has 0 aliphatic rings. The molecule has 0 radical (unpaired) electrons. The van der Waals surface area contributed by atoms with Gasteiger partial charge in [-0.05, 0) is 55.7 Å². The van der Waals surface area contributed by atoms with E-state index in [1.54, 1.807) is 12.1 Å². The van der Waals surface area contributed by atoms with Gasteiger partial charge < -0.3 is 15.0 Å². The molecule has 0 unspecified atom stereocenters. The predicted molar refractivity (Wildman–Crippen MR) is 109 cm³/mol. The number of phenolic OH excluding ortho intramolecular Hbond substituents is 1. The summed E-state index contributed by atoms with van der Waals surface area (Å²) in [6.45, 7) is 2.16. The van der Waals surface area contributed by atoms with Gasteiger partial charge in [0.05, 0.1) is 0 Å². The maximum atomic E-state index is 12.3. The zero-order valence-corrected chi connectivity index (χ0v) is 15.7. The summed E-state index contributed by atoms with van der Waals surface area (Å²) in [4.78, 5) is 17.4. The summed E-state index contributed by atoms with van der Waals surface area (Å²) in [6, 6.07) is 13.9. The number of pyridine rings is 1. The number of fused-ring (bicyclic) bond motifs is 3. The van der Waals surface area contributed by atoms with Gasteiger partial charge in [0.15, 0.2) is 0 Å². The van der Waals surface area contributed by atoms with Crippen LogP contribution < -0.4 is 5.56 Å². The van der Waals surface area contributed by atoms with Crippen molar-refractivity contribution in [2.24, 2.45) is 0 Å². The summed E-state index contributed by atoms with van der Waals surface area (Å²) in [5.74, 6) is 0.213. The number of phenols is 1. The molecule has 0 saturated carbocycles. The van der Waals surface area contributed by atoms with Crippen LogP contribution in [0.1, 0.15) is 18.5 Å². The van der Waals surface area contributed by atoms with E-state index < -0.39 is 0 Å². The summed E-state index contributed by atoms with van der Waals surface area (Å²) in [5.41, 5.74) is 3.55. The van der Waals surface area contributed by atoms with E-state index in [-0.39, 0.29) is 11.3 Å². The van der Waals surface area contributed by atoms with Crippen LogP contribution in [0.2, 0.25) is 0 Å². The number of nitrogens with one attached hydrogen (secondary N) is 1. The Bertz CT molecular complexity index is 1160.